The largest absolute Gasteiger partial charge is 0.212 e. The number of benzene rings is 1. The first-order valence-corrected chi connectivity index (χ1v) is 8.26. The van der Waals surface area contributed by atoms with Crippen LogP contribution in [0.1, 0.15) is 25.0 Å². The van der Waals surface area contributed by atoms with E-state index in [-0.39, 0.29) is 11.7 Å². The molecule has 0 bridgehead atoms. The Labute approximate surface area is 115 Å². The normalized spacial score (nSPS) is 13.5. The summed E-state index contributed by atoms with van der Waals surface area (Å²) in [5, 5.41) is 0. The molecule has 1 aromatic rings. The molecule has 1 atom stereocenters. The SMILES string of the molecule is CCc1ccc(CNS(=O)(=O)CC(C)CCl)cc1. The summed E-state index contributed by atoms with van der Waals surface area (Å²) in [6.45, 7) is 4.24. The highest BCUT2D eigenvalue weighted by atomic mass is 35.5. The molecule has 0 heterocycles. The van der Waals surface area contributed by atoms with Crippen LogP contribution in [0.4, 0.5) is 0 Å². The minimum Gasteiger partial charge on any atom is -0.212 e. The van der Waals surface area contributed by atoms with Gasteiger partial charge in [-0.05, 0) is 23.5 Å². The predicted octanol–water partition coefficient (Wildman–Crippen LogP) is 2.54. The van der Waals surface area contributed by atoms with Gasteiger partial charge in [0.05, 0.1) is 5.75 Å². The van der Waals surface area contributed by atoms with E-state index in [1.54, 1.807) is 0 Å². The van der Waals surface area contributed by atoms with Crippen LogP contribution in [0.25, 0.3) is 0 Å². The molecule has 0 aliphatic heterocycles. The first-order chi connectivity index (χ1) is 8.46. The summed E-state index contributed by atoms with van der Waals surface area (Å²) in [4.78, 5) is 0. The van der Waals surface area contributed by atoms with Crippen LogP contribution in [0.15, 0.2) is 24.3 Å². The van der Waals surface area contributed by atoms with E-state index in [1.165, 1.54) is 5.56 Å². The molecule has 0 radical (unpaired) electrons. The molecule has 0 aliphatic carbocycles. The van der Waals surface area contributed by atoms with Crippen LogP contribution in [0.2, 0.25) is 0 Å². The summed E-state index contributed by atoms with van der Waals surface area (Å²) < 4.78 is 26.0. The third-order valence-corrected chi connectivity index (χ3v) is 4.81. The van der Waals surface area contributed by atoms with Crippen molar-refractivity contribution in [2.24, 2.45) is 5.92 Å². The van der Waals surface area contributed by atoms with Gasteiger partial charge in [-0.15, -0.1) is 11.6 Å². The van der Waals surface area contributed by atoms with Crippen molar-refractivity contribution in [2.75, 3.05) is 11.6 Å². The van der Waals surface area contributed by atoms with E-state index < -0.39 is 10.0 Å². The molecule has 0 saturated carbocycles. The monoisotopic (exact) mass is 289 g/mol. The number of rotatable bonds is 7. The van der Waals surface area contributed by atoms with Crippen LogP contribution in [0.5, 0.6) is 0 Å². The molecule has 102 valence electrons. The summed E-state index contributed by atoms with van der Waals surface area (Å²) in [7, 11) is -3.24. The molecule has 0 aromatic heterocycles. The molecule has 1 rings (SSSR count). The van der Waals surface area contributed by atoms with Gasteiger partial charge in [0.1, 0.15) is 0 Å². The van der Waals surface area contributed by atoms with E-state index >= 15 is 0 Å². The Morgan fingerprint density at radius 2 is 1.78 bits per heavy atom. The molecule has 18 heavy (non-hydrogen) atoms. The van der Waals surface area contributed by atoms with Gasteiger partial charge in [0.2, 0.25) is 10.0 Å². The number of sulfonamides is 1. The van der Waals surface area contributed by atoms with Crippen LogP contribution in [-0.4, -0.2) is 20.1 Å². The van der Waals surface area contributed by atoms with Gasteiger partial charge in [-0.2, -0.15) is 0 Å². The summed E-state index contributed by atoms with van der Waals surface area (Å²) >= 11 is 5.62. The standard InChI is InChI=1S/C13H20ClNO2S/c1-3-12-4-6-13(7-5-12)9-15-18(16,17)10-11(2)8-14/h4-7,11,15H,3,8-10H2,1-2H3. The van der Waals surface area contributed by atoms with Crippen LogP contribution < -0.4 is 4.72 Å². The van der Waals surface area contributed by atoms with E-state index in [0.717, 1.165) is 12.0 Å². The number of hydrogen-bond donors (Lipinski definition) is 1. The lowest BCUT2D eigenvalue weighted by Crippen LogP contribution is -2.29. The molecule has 1 unspecified atom stereocenters. The summed E-state index contributed by atoms with van der Waals surface area (Å²) in [6, 6.07) is 7.94. The molecule has 5 heteroatoms. The maximum atomic E-state index is 11.7. The Kier molecular flexibility index (Phi) is 6.12. The van der Waals surface area contributed by atoms with E-state index in [0.29, 0.717) is 12.4 Å². The van der Waals surface area contributed by atoms with Gasteiger partial charge in [-0.25, -0.2) is 13.1 Å². The molecule has 0 saturated heterocycles. The maximum absolute atomic E-state index is 11.7. The van der Waals surface area contributed by atoms with Gasteiger partial charge in [0.25, 0.3) is 0 Å². The summed E-state index contributed by atoms with van der Waals surface area (Å²) in [6.07, 6.45) is 0.985. The van der Waals surface area contributed by atoms with E-state index in [9.17, 15) is 8.42 Å². The second-order valence-electron chi connectivity index (χ2n) is 4.53. The Morgan fingerprint density at radius 1 is 1.22 bits per heavy atom. The predicted molar refractivity (Wildman–Crippen MR) is 76.3 cm³/mol. The van der Waals surface area contributed by atoms with E-state index in [4.69, 9.17) is 11.6 Å². The van der Waals surface area contributed by atoms with Crippen molar-refractivity contribution in [1.29, 1.82) is 0 Å². The van der Waals surface area contributed by atoms with Crippen molar-refractivity contribution in [2.45, 2.75) is 26.8 Å². The maximum Gasteiger partial charge on any atom is 0.212 e. The third-order valence-electron chi connectivity index (χ3n) is 2.69. The zero-order chi connectivity index (χ0) is 13.6. The van der Waals surface area contributed by atoms with Gasteiger partial charge >= 0.3 is 0 Å². The zero-order valence-corrected chi connectivity index (χ0v) is 12.4. The second kappa shape index (κ2) is 7.12. The van der Waals surface area contributed by atoms with Crippen molar-refractivity contribution in [3.05, 3.63) is 35.4 Å². The van der Waals surface area contributed by atoms with Crippen LogP contribution >= 0.6 is 11.6 Å². The van der Waals surface area contributed by atoms with E-state index in [1.807, 2.05) is 31.2 Å². The molecular formula is C13H20ClNO2S. The third kappa shape index (κ3) is 5.38. The van der Waals surface area contributed by atoms with Crippen LogP contribution in [-0.2, 0) is 23.0 Å². The molecule has 0 aliphatic rings. The highest BCUT2D eigenvalue weighted by molar-refractivity contribution is 7.89. The van der Waals surface area contributed by atoms with Gasteiger partial charge < -0.3 is 0 Å². The summed E-state index contributed by atoms with van der Waals surface area (Å²) in [5.74, 6) is 0.391. The zero-order valence-electron chi connectivity index (χ0n) is 10.8. The minimum absolute atomic E-state index is 0.0355. The van der Waals surface area contributed by atoms with Crippen molar-refractivity contribution in [1.82, 2.24) is 4.72 Å². The number of aryl methyl sites for hydroxylation is 1. The van der Waals surface area contributed by atoms with Crippen molar-refractivity contribution in [3.8, 4) is 0 Å². The fraction of sp³-hybridized carbons (Fsp3) is 0.538. The minimum atomic E-state index is -3.24. The second-order valence-corrected chi connectivity index (χ2v) is 6.69. The van der Waals surface area contributed by atoms with E-state index in [2.05, 4.69) is 11.6 Å². The van der Waals surface area contributed by atoms with Gasteiger partial charge in [-0.3, -0.25) is 0 Å². The highest BCUT2D eigenvalue weighted by Gasteiger charge is 2.14. The molecule has 1 N–H and O–H groups in total. The molecular weight excluding hydrogens is 270 g/mol. The van der Waals surface area contributed by atoms with Crippen molar-refractivity contribution < 1.29 is 8.42 Å². The molecule has 1 aromatic carbocycles. The number of halogens is 1. The van der Waals surface area contributed by atoms with Crippen molar-refractivity contribution in [3.63, 3.8) is 0 Å². The number of alkyl halides is 1. The first-order valence-electron chi connectivity index (χ1n) is 6.08. The fourth-order valence-corrected chi connectivity index (χ4v) is 3.17. The Balaban J connectivity index is 2.53. The average Bonchev–Trinajstić information content (AvgIpc) is 2.36. The topological polar surface area (TPSA) is 46.2 Å². The lowest BCUT2D eigenvalue weighted by molar-refractivity contribution is 0.568. The molecule has 3 nitrogen and oxygen atoms in total. The van der Waals surface area contributed by atoms with Gasteiger partial charge in [0.15, 0.2) is 0 Å². The fourth-order valence-electron chi connectivity index (χ4n) is 1.56. The number of nitrogens with one attached hydrogen (secondary N) is 1. The Morgan fingerprint density at radius 3 is 2.28 bits per heavy atom. The lowest BCUT2D eigenvalue weighted by Gasteiger charge is -2.10. The van der Waals surface area contributed by atoms with Crippen LogP contribution in [0, 0.1) is 5.92 Å². The lowest BCUT2D eigenvalue weighted by atomic mass is 10.1. The number of hydrogen-bond acceptors (Lipinski definition) is 2. The highest BCUT2D eigenvalue weighted by Crippen LogP contribution is 2.06. The quantitative estimate of drug-likeness (QED) is 0.784. The molecule has 0 spiro atoms. The smallest absolute Gasteiger partial charge is 0.212 e. The average molecular weight is 290 g/mol. The van der Waals surface area contributed by atoms with Crippen molar-refractivity contribution >= 4 is 21.6 Å². The molecule has 0 fully saturated rings. The van der Waals surface area contributed by atoms with Crippen LogP contribution in [0.3, 0.4) is 0 Å². The van der Waals surface area contributed by atoms with Gasteiger partial charge in [-0.1, -0.05) is 38.1 Å². The molecule has 0 amide bonds. The summed E-state index contributed by atoms with van der Waals surface area (Å²) in [5.41, 5.74) is 2.21. The van der Waals surface area contributed by atoms with Gasteiger partial charge in [0, 0.05) is 12.4 Å². The Hall–Kier alpha value is -0.580. The Bertz CT molecular complexity index is 456. The first kappa shape index (κ1) is 15.5.